The van der Waals surface area contributed by atoms with Crippen LogP contribution in [-0.4, -0.2) is 16.7 Å². The first-order chi connectivity index (χ1) is 9.99. The minimum Gasteiger partial charge on any atom is -0.507 e. The highest BCUT2D eigenvalue weighted by molar-refractivity contribution is 6.02. The number of aromatic hydroxyl groups is 1. The number of amides is 1. The van der Waals surface area contributed by atoms with Gasteiger partial charge in [0.25, 0.3) is 5.91 Å². The SMILES string of the molecule is C/C(=N\NC(=O)c1ccccc1F)c1cc(F)ccc1O. The highest BCUT2D eigenvalue weighted by Gasteiger charge is 2.11. The van der Waals surface area contributed by atoms with Crippen molar-refractivity contribution in [1.82, 2.24) is 5.43 Å². The van der Waals surface area contributed by atoms with Crippen molar-refractivity contribution in [2.24, 2.45) is 5.10 Å². The lowest BCUT2D eigenvalue weighted by molar-refractivity contribution is 0.0951. The Hall–Kier alpha value is -2.76. The van der Waals surface area contributed by atoms with Gasteiger partial charge in [-0.15, -0.1) is 0 Å². The van der Waals surface area contributed by atoms with Crippen LogP contribution in [-0.2, 0) is 0 Å². The van der Waals surface area contributed by atoms with Gasteiger partial charge in [0.1, 0.15) is 17.4 Å². The Bertz CT molecular complexity index is 715. The summed E-state index contributed by atoms with van der Waals surface area (Å²) >= 11 is 0. The van der Waals surface area contributed by atoms with Crippen molar-refractivity contribution in [3.8, 4) is 5.75 Å². The third kappa shape index (κ3) is 3.42. The van der Waals surface area contributed by atoms with Crippen molar-refractivity contribution < 1.29 is 18.7 Å². The quantitative estimate of drug-likeness (QED) is 0.674. The molecule has 0 spiro atoms. The molecular formula is C15H12F2N2O2. The molecule has 2 aromatic carbocycles. The standard InChI is InChI=1S/C15H12F2N2O2/c1-9(12-8-10(16)6-7-14(12)20)18-19-15(21)11-4-2-3-5-13(11)17/h2-8,20H,1H3,(H,19,21)/b18-9+. The molecule has 0 aliphatic carbocycles. The zero-order valence-corrected chi connectivity index (χ0v) is 11.1. The van der Waals surface area contributed by atoms with Crippen LogP contribution in [0.15, 0.2) is 47.6 Å². The minimum atomic E-state index is -0.733. The molecule has 0 saturated carbocycles. The van der Waals surface area contributed by atoms with E-state index in [1.807, 2.05) is 0 Å². The van der Waals surface area contributed by atoms with E-state index in [0.29, 0.717) is 0 Å². The predicted octanol–water partition coefficient (Wildman–Crippen LogP) is 2.82. The fourth-order valence-electron chi connectivity index (χ4n) is 1.70. The number of rotatable bonds is 3. The smallest absolute Gasteiger partial charge is 0.274 e. The molecule has 6 heteroatoms. The first-order valence-corrected chi connectivity index (χ1v) is 6.07. The fraction of sp³-hybridized carbons (Fsp3) is 0.0667. The van der Waals surface area contributed by atoms with Crippen LogP contribution in [0, 0.1) is 11.6 Å². The number of halogens is 2. The van der Waals surface area contributed by atoms with Crippen LogP contribution in [0.5, 0.6) is 5.75 Å². The summed E-state index contributed by atoms with van der Waals surface area (Å²) in [7, 11) is 0. The van der Waals surface area contributed by atoms with E-state index in [4.69, 9.17) is 0 Å². The van der Waals surface area contributed by atoms with Gasteiger partial charge in [-0.1, -0.05) is 12.1 Å². The van der Waals surface area contributed by atoms with E-state index in [2.05, 4.69) is 10.5 Å². The lowest BCUT2D eigenvalue weighted by atomic mass is 10.1. The van der Waals surface area contributed by atoms with Gasteiger partial charge < -0.3 is 5.11 Å². The number of carbonyl (C=O) groups excluding carboxylic acids is 1. The molecule has 0 unspecified atom stereocenters. The van der Waals surface area contributed by atoms with Crippen molar-refractivity contribution in [2.75, 3.05) is 0 Å². The summed E-state index contributed by atoms with van der Waals surface area (Å²) in [6.07, 6.45) is 0. The van der Waals surface area contributed by atoms with E-state index in [9.17, 15) is 18.7 Å². The number of phenolic OH excluding ortho intramolecular Hbond substituents is 1. The van der Waals surface area contributed by atoms with Gasteiger partial charge in [0.05, 0.1) is 11.3 Å². The normalized spacial score (nSPS) is 11.3. The molecular weight excluding hydrogens is 278 g/mol. The van der Waals surface area contributed by atoms with E-state index in [1.54, 1.807) is 0 Å². The fourth-order valence-corrected chi connectivity index (χ4v) is 1.70. The summed E-state index contributed by atoms with van der Waals surface area (Å²) < 4.78 is 26.5. The maximum absolute atomic E-state index is 13.4. The second-order valence-corrected chi connectivity index (χ2v) is 4.28. The molecule has 0 atom stereocenters. The monoisotopic (exact) mass is 290 g/mol. The summed E-state index contributed by atoms with van der Waals surface area (Å²) in [4.78, 5) is 11.8. The number of carbonyl (C=O) groups is 1. The lowest BCUT2D eigenvalue weighted by Crippen LogP contribution is -2.20. The van der Waals surface area contributed by atoms with Crippen LogP contribution in [0.25, 0.3) is 0 Å². The number of hydrazone groups is 1. The Balaban J connectivity index is 2.19. The highest BCUT2D eigenvalue weighted by Crippen LogP contribution is 2.18. The molecule has 0 heterocycles. The van der Waals surface area contributed by atoms with Gasteiger partial charge in [0.15, 0.2) is 0 Å². The van der Waals surface area contributed by atoms with Gasteiger partial charge in [0.2, 0.25) is 0 Å². The zero-order chi connectivity index (χ0) is 15.4. The number of nitrogens with zero attached hydrogens (tertiary/aromatic N) is 1. The summed E-state index contributed by atoms with van der Waals surface area (Å²) in [6.45, 7) is 1.48. The largest absolute Gasteiger partial charge is 0.507 e. The second kappa shape index (κ2) is 6.13. The Morgan fingerprint density at radius 3 is 2.57 bits per heavy atom. The Labute approximate surface area is 119 Å². The van der Waals surface area contributed by atoms with E-state index < -0.39 is 17.5 Å². The number of hydrogen-bond acceptors (Lipinski definition) is 3. The molecule has 0 radical (unpaired) electrons. The van der Waals surface area contributed by atoms with Crippen LogP contribution < -0.4 is 5.43 Å². The number of hydrogen-bond donors (Lipinski definition) is 2. The van der Waals surface area contributed by atoms with Gasteiger partial charge in [-0.25, -0.2) is 14.2 Å². The minimum absolute atomic E-state index is 0.142. The first kappa shape index (κ1) is 14.6. The molecule has 0 aromatic heterocycles. The van der Waals surface area contributed by atoms with Crippen molar-refractivity contribution in [3.63, 3.8) is 0 Å². The van der Waals surface area contributed by atoms with Crippen molar-refractivity contribution in [2.45, 2.75) is 6.92 Å². The van der Waals surface area contributed by atoms with Gasteiger partial charge in [-0.3, -0.25) is 4.79 Å². The van der Waals surface area contributed by atoms with Crippen LogP contribution in [0.4, 0.5) is 8.78 Å². The van der Waals surface area contributed by atoms with E-state index >= 15 is 0 Å². The Kier molecular flexibility index (Phi) is 4.27. The van der Waals surface area contributed by atoms with Crippen LogP contribution in [0.2, 0.25) is 0 Å². The number of benzene rings is 2. The molecule has 2 rings (SSSR count). The molecule has 0 aliphatic rings. The molecule has 0 bridgehead atoms. The molecule has 0 saturated heterocycles. The second-order valence-electron chi connectivity index (χ2n) is 4.28. The summed E-state index contributed by atoms with van der Waals surface area (Å²) in [5.41, 5.74) is 2.34. The maximum atomic E-state index is 13.4. The Morgan fingerprint density at radius 1 is 1.14 bits per heavy atom. The van der Waals surface area contributed by atoms with E-state index in [1.165, 1.54) is 31.2 Å². The number of phenols is 1. The van der Waals surface area contributed by atoms with Crippen LogP contribution in [0.3, 0.4) is 0 Å². The molecule has 21 heavy (non-hydrogen) atoms. The molecule has 108 valence electrons. The maximum Gasteiger partial charge on any atom is 0.274 e. The topological polar surface area (TPSA) is 61.7 Å². The van der Waals surface area contributed by atoms with Crippen molar-refractivity contribution in [1.29, 1.82) is 0 Å². The lowest BCUT2D eigenvalue weighted by Gasteiger charge is -2.05. The number of nitrogens with one attached hydrogen (secondary N) is 1. The highest BCUT2D eigenvalue weighted by atomic mass is 19.1. The average Bonchev–Trinajstić information content (AvgIpc) is 2.47. The van der Waals surface area contributed by atoms with Gasteiger partial charge in [-0.2, -0.15) is 5.10 Å². The average molecular weight is 290 g/mol. The molecule has 1 amide bonds. The van der Waals surface area contributed by atoms with Crippen LogP contribution in [0.1, 0.15) is 22.8 Å². The molecule has 2 aromatic rings. The third-order valence-electron chi connectivity index (χ3n) is 2.79. The molecule has 2 N–H and O–H groups in total. The van der Waals surface area contributed by atoms with Crippen molar-refractivity contribution in [3.05, 3.63) is 65.2 Å². The Morgan fingerprint density at radius 2 is 1.86 bits per heavy atom. The van der Waals surface area contributed by atoms with Gasteiger partial charge in [-0.05, 0) is 37.3 Å². The first-order valence-electron chi connectivity index (χ1n) is 6.07. The van der Waals surface area contributed by atoms with E-state index in [0.717, 1.165) is 18.2 Å². The van der Waals surface area contributed by atoms with Gasteiger partial charge >= 0.3 is 0 Å². The van der Waals surface area contributed by atoms with Crippen LogP contribution >= 0.6 is 0 Å². The summed E-state index contributed by atoms with van der Waals surface area (Å²) in [5.74, 6) is -2.12. The van der Waals surface area contributed by atoms with E-state index in [-0.39, 0.29) is 22.6 Å². The van der Waals surface area contributed by atoms with Crippen molar-refractivity contribution >= 4 is 11.6 Å². The zero-order valence-electron chi connectivity index (χ0n) is 11.1. The third-order valence-corrected chi connectivity index (χ3v) is 2.79. The predicted molar refractivity (Wildman–Crippen MR) is 74.1 cm³/mol. The summed E-state index contributed by atoms with van der Waals surface area (Å²) in [5, 5.41) is 13.3. The molecule has 0 aliphatic heterocycles. The summed E-state index contributed by atoms with van der Waals surface area (Å²) in [6, 6.07) is 8.83. The van der Waals surface area contributed by atoms with Gasteiger partial charge in [0, 0.05) is 5.56 Å². The molecule has 4 nitrogen and oxygen atoms in total. The molecule has 0 fully saturated rings.